The fraction of sp³-hybridized carbons (Fsp3) is 0.333. The van der Waals surface area contributed by atoms with Crippen LogP contribution in [0.3, 0.4) is 0 Å². The minimum Gasteiger partial charge on any atom is -0.497 e. The van der Waals surface area contributed by atoms with E-state index in [1.807, 2.05) is 48.5 Å². The van der Waals surface area contributed by atoms with Crippen molar-refractivity contribution < 1.29 is 14.3 Å². The third kappa shape index (κ3) is 4.28. The quantitative estimate of drug-likeness (QED) is 0.692. The highest BCUT2D eigenvalue weighted by atomic mass is 35.5. The molecular formula is C21H23ClN2O3S. The molecule has 5 nitrogen and oxygen atoms in total. The van der Waals surface area contributed by atoms with Crippen molar-refractivity contribution in [3.8, 4) is 5.75 Å². The Balaban J connectivity index is 1.80. The van der Waals surface area contributed by atoms with Gasteiger partial charge in [-0.2, -0.15) is 0 Å². The number of carbonyl (C=O) groups is 2. The van der Waals surface area contributed by atoms with Crippen molar-refractivity contribution in [1.82, 2.24) is 0 Å². The van der Waals surface area contributed by atoms with Crippen LogP contribution in [0.15, 0.2) is 48.5 Å². The molecule has 28 heavy (non-hydrogen) atoms. The number of rotatable bonds is 6. The van der Waals surface area contributed by atoms with Crippen LogP contribution in [0.4, 0.5) is 11.4 Å². The maximum Gasteiger partial charge on any atom is 0.238 e. The van der Waals surface area contributed by atoms with E-state index in [0.717, 1.165) is 11.3 Å². The van der Waals surface area contributed by atoms with Gasteiger partial charge < -0.3 is 10.1 Å². The van der Waals surface area contributed by atoms with E-state index in [4.69, 9.17) is 16.3 Å². The molecule has 0 aliphatic carbocycles. The lowest BCUT2D eigenvalue weighted by molar-refractivity contribution is -0.123. The van der Waals surface area contributed by atoms with Gasteiger partial charge in [-0.05, 0) is 43.7 Å². The highest BCUT2D eigenvalue weighted by molar-refractivity contribution is 8.00. The molecule has 2 amide bonds. The molecule has 7 heteroatoms. The van der Waals surface area contributed by atoms with Crippen molar-refractivity contribution in [1.29, 1.82) is 0 Å². The summed E-state index contributed by atoms with van der Waals surface area (Å²) >= 11 is 7.44. The Morgan fingerprint density at radius 1 is 1.29 bits per heavy atom. The van der Waals surface area contributed by atoms with Crippen molar-refractivity contribution in [2.45, 2.75) is 19.2 Å². The van der Waals surface area contributed by atoms with Crippen LogP contribution in [-0.4, -0.2) is 30.6 Å². The van der Waals surface area contributed by atoms with E-state index in [0.29, 0.717) is 17.2 Å². The molecule has 1 N–H and O–H groups in total. The van der Waals surface area contributed by atoms with E-state index in [9.17, 15) is 9.59 Å². The van der Waals surface area contributed by atoms with E-state index in [1.54, 1.807) is 37.6 Å². The summed E-state index contributed by atoms with van der Waals surface area (Å²) in [6.07, 6.45) is 0. The van der Waals surface area contributed by atoms with Crippen molar-refractivity contribution >= 4 is 46.6 Å². The number of carbonyl (C=O) groups excluding carboxylic acids is 2. The average molecular weight is 419 g/mol. The molecule has 3 rings (SSSR count). The van der Waals surface area contributed by atoms with Gasteiger partial charge in [-0.25, -0.2) is 0 Å². The zero-order chi connectivity index (χ0) is 20.3. The van der Waals surface area contributed by atoms with Gasteiger partial charge in [-0.1, -0.05) is 18.2 Å². The van der Waals surface area contributed by atoms with Crippen LogP contribution < -0.4 is 15.0 Å². The van der Waals surface area contributed by atoms with Gasteiger partial charge in [0.1, 0.15) is 11.1 Å². The van der Waals surface area contributed by atoms with Crippen LogP contribution in [0.25, 0.3) is 0 Å². The molecule has 0 bridgehead atoms. The summed E-state index contributed by atoms with van der Waals surface area (Å²) in [7, 11) is 1.61. The predicted octanol–water partition coefficient (Wildman–Crippen LogP) is 4.68. The molecule has 148 valence electrons. The lowest BCUT2D eigenvalue weighted by Gasteiger charge is -2.25. The highest BCUT2D eigenvalue weighted by Crippen LogP contribution is 2.42. The van der Waals surface area contributed by atoms with E-state index in [2.05, 4.69) is 5.32 Å². The lowest BCUT2D eigenvalue weighted by atomic mass is 9.95. The second-order valence-electron chi connectivity index (χ2n) is 7.22. The number of halogens is 1. The number of benzene rings is 2. The summed E-state index contributed by atoms with van der Waals surface area (Å²) in [5.41, 5.74) is 1.86. The molecule has 0 saturated carbocycles. The Morgan fingerprint density at radius 3 is 2.64 bits per heavy atom. The van der Waals surface area contributed by atoms with Gasteiger partial charge in [0, 0.05) is 23.3 Å². The van der Waals surface area contributed by atoms with Crippen LogP contribution in [0.2, 0.25) is 0 Å². The minimum atomic E-state index is -0.642. The number of amides is 2. The first-order valence-electron chi connectivity index (χ1n) is 8.91. The van der Waals surface area contributed by atoms with E-state index in [-0.39, 0.29) is 23.1 Å². The number of nitrogens with zero attached hydrogens (tertiary/aromatic N) is 1. The molecule has 1 fully saturated rings. The van der Waals surface area contributed by atoms with Crippen LogP contribution in [0.1, 0.15) is 24.8 Å². The van der Waals surface area contributed by atoms with Gasteiger partial charge in [-0.3, -0.25) is 14.5 Å². The molecule has 1 aliphatic rings. The van der Waals surface area contributed by atoms with Gasteiger partial charge in [0.2, 0.25) is 11.8 Å². The SMILES string of the molecule is COc1cccc(N2C(=O)CS[C@@H]2c2ccc(NC(=O)C(C)(C)CCl)cc2)c1. The molecule has 1 atom stereocenters. The summed E-state index contributed by atoms with van der Waals surface area (Å²) in [6, 6.07) is 15.1. The molecule has 0 radical (unpaired) electrons. The topological polar surface area (TPSA) is 58.6 Å². The Labute approximate surface area is 174 Å². The van der Waals surface area contributed by atoms with E-state index >= 15 is 0 Å². The van der Waals surface area contributed by atoms with Gasteiger partial charge >= 0.3 is 0 Å². The first-order chi connectivity index (χ1) is 13.4. The number of nitrogens with one attached hydrogen (secondary N) is 1. The maximum atomic E-state index is 12.5. The van der Waals surface area contributed by atoms with E-state index in [1.165, 1.54) is 0 Å². The largest absolute Gasteiger partial charge is 0.497 e. The fourth-order valence-electron chi connectivity index (χ4n) is 2.80. The van der Waals surface area contributed by atoms with Crippen LogP contribution >= 0.6 is 23.4 Å². The number of thioether (sulfide) groups is 1. The number of anilines is 2. The van der Waals surface area contributed by atoms with Crippen molar-refractivity contribution in [3.63, 3.8) is 0 Å². The molecule has 1 aliphatic heterocycles. The number of methoxy groups -OCH3 is 1. The average Bonchev–Trinajstić information content (AvgIpc) is 3.10. The second-order valence-corrected chi connectivity index (χ2v) is 8.56. The molecular weight excluding hydrogens is 396 g/mol. The minimum absolute atomic E-state index is 0.0597. The Bertz CT molecular complexity index is 870. The molecule has 2 aromatic carbocycles. The number of hydrogen-bond donors (Lipinski definition) is 1. The van der Waals surface area contributed by atoms with E-state index < -0.39 is 5.41 Å². The number of ether oxygens (including phenoxy) is 1. The summed E-state index contributed by atoms with van der Waals surface area (Å²) < 4.78 is 5.29. The fourth-order valence-corrected chi connectivity index (χ4v) is 4.10. The van der Waals surface area contributed by atoms with Gasteiger partial charge in [0.05, 0.1) is 18.3 Å². The first-order valence-corrected chi connectivity index (χ1v) is 10.5. The van der Waals surface area contributed by atoms with Gasteiger partial charge in [0.25, 0.3) is 0 Å². The maximum absolute atomic E-state index is 12.5. The second kappa shape index (κ2) is 8.45. The zero-order valence-corrected chi connectivity index (χ0v) is 17.6. The molecule has 0 aromatic heterocycles. The standard InChI is InChI=1S/C21H23ClN2O3S/c1-21(2,13-22)20(26)23-15-9-7-14(8-10-15)19-24(18(25)12-28-19)16-5-4-6-17(11-16)27-3/h4-11,19H,12-13H2,1-3H3,(H,23,26)/t19-/m1/s1. The van der Waals surface area contributed by atoms with Crippen LogP contribution in [0.5, 0.6) is 5.75 Å². The van der Waals surface area contributed by atoms with Gasteiger partial charge in [0.15, 0.2) is 0 Å². The Kier molecular flexibility index (Phi) is 6.20. The smallest absolute Gasteiger partial charge is 0.238 e. The van der Waals surface area contributed by atoms with Crippen LogP contribution in [-0.2, 0) is 9.59 Å². The molecule has 0 spiro atoms. The summed E-state index contributed by atoms with van der Waals surface area (Å²) in [6.45, 7) is 3.60. The lowest BCUT2D eigenvalue weighted by Crippen LogP contribution is -2.32. The number of alkyl halides is 1. The summed E-state index contributed by atoms with van der Waals surface area (Å²) in [5, 5.41) is 2.77. The van der Waals surface area contributed by atoms with Crippen molar-refractivity contribution in [2.75, 3.05) is 29.0 Å². The molecule has 1 heterocycles. The van der Waals surface area contributed by atoms with Crippen molar-refractivity contribution in [2.24, 2.45) is 5.41 Å². The Morgan fingerprint density at radius 2 is 2.00 bits per heavy atom. The Hall–Kier alpha value is -2.18. The monoisotopic (exact) mass is 418 g/mol. The first kappa shape index (κ1) is 20.6. The summed E-state index contributed by atoms with van der Waals surface area (Å²) in [4.78, 5) is 26.6. The third-order valence-electron chi connectivity index (χ3n) is 4.60. The zero-order valence-electron chi connectivity index (χ0n) is 16.1. The highest BCUT2D eigenvalue weighted by Gasteiger charge is 2.34. The van der Waals surface area contributed by atoms with Crippen molar-refractivity contribution in [3.05, 3.63) is 54.1 Å². The third-order valence-corrected chi connectivity index (χ3v) is 6.48. The van der Waals surface area contributed by atoms with Gasteiger partial charge in [-0.15, -0.1) is 23.4 Å². The summed E-state index contributed by atoms with van der Waals surface area (Å²) in [5.74, 6) is 1.31. The molecule has 0 unspecified atom stereocenters. The molecule has 1 saturated heterocycles. The predicted molar refractivity (Wildman–Crippen MR) is 115 cm³/mol. The normalized spacial score (nSPS) is 16.9. The van der Waals surface area contributed by atoms with Crippen LogP contribution in [0, 0.1) is 5.41 Å². The molecule has 2 aromatic rings. The number of hydrogen-bond acceptors (Lipinski definition) is 4.